The number of carbonyl (C=O) groups is 2. The Morgan fingerprint density at radius 3 is 1.65 bits per heavy atom. The van der Waals surface area contributed by atoms with Crippen LogP contribution in [-0.2, 0) is 30.3 Å². The molecule has 0 unspecified atom stereocenters. The van der Waals surface area contributed by atoms with E-state index in [1.165, 1.54) is 33.3 Å². The molecular weight excluding hydrogens is 922 g/mol. The van der Waals surface area contributed by atoms with Crippen LogP contribution < -0.4 is 58.6 Å². The molecule has 7 heterocycles. The van der Waals surface area contributed by atoms with Gasteiger partial charge in [-0.1, -0.05) is 29.5 Å². The first kappa shape index (κ1) is 48.5. The van der Waals surface area contributed by atoms with E-state index in [0.29, 0.717) is 41.7 Å². The number of anilines is 4. The Morgan fingerprint density at radius 1 is 0.769 bits per heavy atom. The molecule has 4 fully saturated rings. The summed E-state index contributed by atoms with van der Waals surface area (Å²) in [5.74, 6) is 5.56. The van der Waals surface area contributed by atoms with Gasteiger partial charge in [0, 0.05) is 79.7 Å². The molecule has 65 heavy (non-hydrogen) atoms. The van der Waals surface area contributed by atoms with Crippen molar-refractivity contribution in [1.29, 1.82) is 0 Å². The molecule has 25 heteroatoms. The Bertz CT molecular complexity index is 2380. The van der Waals surface area contributed by atoms with Gasteiger partial charge in [-0.3, -0.25) is 18.9 Å². The molecule has 342 valence electrons. The van der Waals surface area contributed by atoms with Gasteiger partial charge in [-0.05, 0) is 18.3 Å². The maximum Gasteiger partial charge on any atom is 1.00 e. The molecule has 3 aromatic rings. The Labute approximate surface area is 404 Å². The fraction of sp³-hybridized carbons (Fsp3) is 0.500. The van der Waals surface area contributed by atoms with Gasteiger partial charge in [-0.15, -0.1) is 5.10 Å². The molecular formula is C40H45F2N10NaO9S3. The first-order valence-electron chi connectivity index (χ1n) is 20.5. The van der Waals surface area contributed by atoms with E-state index in [1.807, 2.05) is 33.3 Å². The van der Waals surface area contributed by atoms with Crippen molar-refractivity contribution in [2.24, 2.45) is 11.8 Å². The molecule has 6 aliphatic heterocycles. The second-order valence-corrected chi connectivity index (χ2v) is 19.7. The van der Waals surface area contributed by atoms with Gasteiger partial charge in [0.2, 0.25) is 0 Å². The van der Waals surface area contributed by atoms with Crippen molar-refractivity contribution < 1.29 is 79.5 Å². The normalized spacial score (nSPS) is 25.2. The van der Waals surface area contributed by atoms with Crippen LogP contribution in [0.3, 0.4) is 0 Å². The number of cyclic esters (lactones) is 2. The number of benzene rings is 2. The summed E-state index contributed by atoms with van der Waals surface area (Å²) in [5, 5.41) is 7.67. The molecule has 8 aliphatic rings. The maximum absolute atomic E-state index is 14.8. The van der Waals surface area contributed by atoms with E-state index in [0.717, 1.165) is 67.3 Å². The average molecular weight is 967 g/mol. The summed E-state index contributed by atoms with van der Waals surface area (Å²) in [6.07, 6.45) is 12.3. The molecule has 4 saturated heterocycles. The molecule has 2 bridgehead atoms. The molecule has 2 aromatic carbocycles. The van der Waals surface area contributed by atoms with Gasteiger partial charge in [0.05, 0.1) is 41.7 Å². The molecule has 0 N–H and O–H groups in total. The maximum atomic E-state index is 14.8. The standard InChI is InChI=1S/C17H18FN5O3S.C16H19FN2O6S2.C7H8.N3.Na/c18-11-7-13-15(8-12(11)21-3-5-27-6-4-21)25-10-14-16(26-17(24)23(13)14)9-22-2-1-19-20-22;1-27(21,22)24-9-15-13-8-23-14-7-11(18-2-4-26-5-3-18)10(17)6-12(14)19(13)16(20)25-15;1-2-7-4-3-6(1)5-7;1-3-2;/h1-2,7-8,14,16H,3-6,9-10H2;6-7,13,15H,2-5,8-9H2,1H3;1-4,6-7H,5H2;;/q;;;-1;+1/t14-,16-;13-,15-;;;/m00.../s1. The number of halogens is 2. The van der Waals surface area contributed by atoms with Crippen molar-refractivity contribution in [3.05, 3.63) is 88.6 Å². The van der Waals surface area contributed by atoms with Gasteiger partial charge in [-0.25, -0.2) is 23.1 Å². The van der Waals surface area contributed by atoms with Gasteiger partial charge in [0.25, 0.3) is 10.1 Å². The molecule has 0 saturated carbocycles. The van der Waals surface area contributed by atoms with Crippen LogP contribution in [0, 0.1) is 23.5 Å². The summed E-state index contributed by atoms with van der Waals surface area (Å²) in [5.41, 5.74) is 15.2. The van der Waals surface area contributed by atoms with Crippen LogP contribution in [0.25, 0.3) is 16.0 Å². The number of rotatable bonds is 7. The van der Waals surface area contributed by atoms with Gasteiger partial charge >= 0.3 is 41.7 Å². The van der Waals surface area contributed by atoms with E-state index in [1.54, 1.807) is 29.2 Å². The number of hydrogen-bond acceptors (Lipinski definition) is 15. The fourth-order valence-electron chi connectivity index (χ4n) is 8.50. The second kappa shape index (κ2) is 21.5. The third-order valence-corrected chi connectivity index (χ3v) is 14.0. The Morgan fingerprint density at radius 2 is 1.23 bits per heavy atom. The summed E-state index contributed by atoms with van der Waals surface area (Å²) in [7, 11) is -3.67. The topological polar surface area (TPSA) is 217 Å². The predicted octanol–water partition coefficient (Wildman–Crippen LogP) is 2.82. The van der Waals surface area contributed by atoms with Crippen LogP contribution in [0.4, 0.5) is 41.1 Å². The molecule has 2 amide bonds. The summed E-state index contributed by atoms with van der Waals surface area (Å²) >= 11 is 3.69. The molecule has 2 aliphatic carbocycles. The number of fused-ring (bicyclic) bond motifs is 8. The number of hydrogen-bond donors (Lipinski definition) is 0. The zero-order chi connectivity index (χ0) is 45.0. The van der Waals surface area contributed by atoms with Crippen LogP contribution in [0.15, 0.2) is 61.0 Å². The van der Waals surface area contributed by atoms with Gasteiger partial charge < -0.3 is 39.8 Å². The zero-order valence-electron chi connectivity index (χ0n) is 35.6. The predicted molar refractivity (Wildman–Crippen MR) is 237 cm³/mol. The summed E-state index contributed by atoms with van der Waals surface area (Å²) in [4.78, 5) is 33.1. The van der Waals surface area contributed by atoms with Gasteiger partial charge in [0.15, 0.2) is 6.10 Å². The number of allylic oxidation sites excluding steroid dienone is 4. The van der Waals surface area contributed by atoms with E-state index in [-0.39, 0.29) is 60.3 Å². The number of aromatic nitrogens is 3. The van der Waals surface area contributed by atoms with E-state index in [9.17, 15) is 26.8 Å². The fourth-order valence-corrected chi connectivity index (χ4v) is 10.7. The van der Waals surface area contributed by atoms with E-state index >= 15 is 0 Å². The van der Waals surface area contributed by atoms with Crippen molar-refractivity contribution in [3.63, 3.8) is 0 Å². The van der Waals surface area contributed by atoms with Crippen molar-refractivity contribution in [3.8, 4) is 11.5 Å². The van der Waals surface area contributed by atoms with E-state index in [2.05, 4.69) is 34.6 Å². The van der Waals surface area contributed by atoms with Crippen LogP contribution in [0.5, 0.6) is 11.5 Å². The molecule has 4 atom stereocenters. The van der Waals surface area contributed by atoms with E-state index < -0.39 is 46.4 Å². The minimum atomic E-state index is -3.67. The summed E-state index contributed by atoms with van der Waals surface area (Å²) in [6.45, 7) is 3.56. The summed E-state index contributed by atoms with van der Waals surface area (Å²) in [6, 6.07) is 5.07. The molecule has 19 nitrogen and oxygen atoms in total. The van der Waals surface area contributed by atoms with Gasteiger partial charge in [0.1, 0.15) is 61.1 Å². The molecule has 0 radical (unpaired) electrons. The zero-order valence-corrected chi connectivity index (χ0v) is 40.0. The molecule has 1 aromatic heterocycles. The van der Waals surface area contributed by atoms with E-state index in [4.69, 9.17) is 34.2 Å². The van der Waals surface area contributed by atoms with Crippen molar-refractivity contribution in [2.75, 3.05) is 94.9 Å². The second-order valence-electron chi connectivity index (χ2n) is 15.6. The monoisotopic (exact) mass is 966 g/mol. The Balaban J connectivity index is 0.000000158. The minimum absolute atomic E-state index is 0. The number of ether oxygens (including phenoxy) is 4. The van der Waals surface area contributed by atoms with Crippen LogP contribution in [0.1, 0.15) is 6.42 Å². The Kier molecular flexibility index (Phi) is 16.0. The molecule has 0 spiro atoms. The Hall–Kier alpha value is -4.42. The third kappa shape index (κ3) is 11.2. The van der Waals surface area contributed by atoms with Crippen LogP contribution >= 0.6 is 23.5 Å². The number of thioether (sulfide) groups is 2. The van der Waals surface area contributed by atoms with Crippen LogP contribution in [-0.4, -0.2) is 135 Å². The first-order chi connectivity index (χ1) is 30.9. The van der Waals surface area contributed by atoms with Crippen molar-refractivity contribution >= 4 is 68.6 Å². The quantitative estimate of drug-likeness (QED) is 0.0831. The van der Waals surface area contributed by atoms with Crippen molar-refractivity contribution in [2.45, 2.75) is 37.3 Å². The smallest absolute Gasteiger partial charge is 0.489 e. The largest absolute Gasteiger partial charge is 1.00 e. The average Bonchev–Trinajstić information content (AvgIpc) is 4.16. The first-order valence-corrected chi connectivity index (χ1v) is 24.6. The molecule has 11 rings (SSSR count). The van der Waals surface area contributed by atoms with Crippen LogP contribution in [0.2, 0.25) is 0 Å². The summed E-state index contributed by atoms with van der Waals surface area (Å²) < 4.78 is 80.8. The number of carbonyl (C=O) groups excluding carboxylic acids is 2. The van der Waals surface area contributed by atoms with Gasteiger partial charge in [-0.2, -0.15) is 31.9 Å². The number of nitrogens with zero attached hydrogens (tertiary/aromatic N) is 10. The minimum Gasteiger partial charge on any atom is -0.489 e. The number of amides is 2. The SMILES string of the molecule is C1=CC2C=CC1C2.CS(=O)(=O)OC[C@@H]1OC(=O)N2c3cc(F)c(N4CCSCC4)cc3OC[C@@H]12.O=C1O[C@@H](Cn2ccnn2)[C@@H]2COc3cc(N4CCSCC4)c(F)cc3N12.[N-]=[N+]=[N-].[Na+]. The third-order valence-electron chi connectivity index (χ3n) is 11.6. The van der Waals surface area contributed by atoms with Crippen molar-refractivity contribution in [1.82, 2.24) is 15.0 Å².